The van der Waals surface area contributed by atoms with E-state index < -0.39 is 12.0 Å². The molecule has 4 N–H and O–H groups in total. The minimum Gasteiger partial charge on any atom is -0.481 e. The van der Waals surface area contributed by atoms with Crippen molar-refractivity contribution in [2.24, 2.45) is 17.6 Å². The number of carbonyl (C=O) groups excluding carboxylic acids is 1. The summed E-state index contributed by atoms with van der Waals surface area (Å²) >= 11 is 0. The van der Waals surface area contributed by atoms with Crippen molar-refractivity contribution in [3.8, 4) is 0 Å². The second-order valence-corrected chi connectivity index (χ2v) is 4.59. The monoisotopic (exact) mass is 228 g/mol. The molecular weight excluding hydrogens is 208 g/mol. The van der Waals surface area contributed by atoms with E-state index in [-0.39, 0.29) is 11.8 Å². The van der Waals surface area contributed by atoms with E-state index in [1.165, 1.54) is 0 Å². The number of hydrogen-bond acceptors (Lipinski definition) is 3. The quantitative estimate of drug-likeness (QED) is 0.647. The Bertz CT molecular complexity index is 258. The molecule has 1 fully saturated rings. The number of carbonyl (C=O) groups is 2. The first-order valence-corrected chi connectivity index (χ1v) is 5.76. The van der Waals surface area contributed by atoms with Crippen LogP contribution in [0.25, 0.3) is 0 Å². The summed E-state index contributed by atoms with van der Waals surface area (Å²) in [6.45, 7) is 2.27. The minimum atomic E-state index is -0.696. The van der Waals surface area contributed by atoms with Gasteiger partial charge in [0.05, 0.1) is 12.0 Å². The molecule has 92 valence electrons. The lowest BCUT2D eigenvalue weighted by molar-refractivity contribution is -0.143. The number of nitrogens with two attached hydrogens (primary N) is 1. The maximum Gasteiger partial charge on any atom is 0.306 e. The van der Waals surface area contributed by atoms with E-state index in [2.05, 4.69) is 5.32 Å². The lowest BCUT2D eigenvalue weighted by atomic mass is 9.82. The minimum absolute atomic E-state index is 0.139. The Kier molecular flexibility index (Phi) is 4.73. The van der Waals surface area contributed by atoms with Crippen LogP contribution in [0.3, 0.4) is 0 Å². The van der Waals surface area contributed by atoms with E-state index in [1.54, 1.807) is 6.92 Å². The Hall–Kier alpha value is -1.10. The average molecular weight is 228 g/mol. The van der Waals surface area contributed by atoms with Crippen LogP contribution < -0.4 is 11.1 Å². The van der Waals surface area contributed by atoms with Crippen LogP contribution in [0, 0.1) is 11.8 Å². The highest BCUT2D eigenvalue weighted by Crippen LogP contribution is 2.28. The molecule has 1 aliphatic carbocycles. The molecular formula is C11H20N2O3. The molecule has 0 aromatic rings. The lowest BCUT2D eigenvalue weighted by Gasteiger charge is -2.26. The third kappa shape index (κ3) is 3.81. The van der Waals surface area contributed by atoms with Gasteiger partial charge in [-0.25, -0.2) is 0 Å². The van der Waals surface area contributed by atoms with Crippen molar-refractivity contribution in [2.75, 3.05) is 6.54 Å². The van der Waals surface area contributed by atoms with Gasteiger partial charge in [-0.1, -0.05) is 0 Å². The predicted octanol–water partition coefficient (Wildman–Crippen LogP) is 0.341. The van der Waals surface area contributed by atoms with Crippen LogP contribution >= 0.6 is 0 Å². The van der Waals surface area contributed by atoms with Crippen molar-refractivity contribution < 1.29 is 14.7 Å². The van der Waals surface area contributed by atoms with Gasteiger partial charge in [0.25, 0.3) is 0 Å². The van der Waals surface area contributed by atoms with Crippen molar-refractivity contribution in [1.29, 1.82) is 0 Å². The average Bonchev–Trinajstić information content (AvgIpc) is 2.26. The fourth-order valence-electron chi connectivity index (χ4n) is 2.02. The number of amides is 1. The predicted molar refractivity (Wildman–Crippen MR) is 59.7 cm³/mol. The molecule has 0 spiro atoms. The molecule has 1 amide bonds. The van der Waals surface area contributed by atoms with Crippen molar-refractivity contribution in [3.63, 3.8) is 0 Å². The van der Waals surface area contributed by atoms with E-state index >= 15 is 0 Å². The maximum atomic E-state index is 11.2. The summed E-state index contributed by atoms with van der Waals surface area (Å²) in [4.78, 5) is 22.0. The number of aliphatic carboxylic acids is 1. The molecule has 0 unspecified atom stereocenters. The van der Waals surface area contributed by atoms with Gasteiger partial charge in [0.15, 0.2) is 0 Å². The van der Waals surface area contributed by atoms with E-state index in [4.69, 9.17) is 10.8 Å². The summed E-state index contributed by atoms with van der Waals surface area (Å²) in [7, 11) is 0. The zero-order chi connectivity index (χ0) is 12.1. The lowest BCUT2D eigenvalue weighted by Crippen LogP contribution is -2.41. The molecule has 1 aliphatic rings. The maximum absolute atomic E-state index is 11.2. The Morgan fingerprint density at radius 2 is 1.94 bits per heavy atom. The molecule has 16 heavy (non-hydrogen) atoms. The number of carboxylic acid groups (broad SMARTS) is 1. The first-order chi connectivity index (χ1) is 7.50. The highest BCUT2D eigenvalue weighted by Gasteiger charge is 2.26. The van der Waals surface area contributed by atoms with Gasteiger partial charge in [0.2, 0.25) is 5.91 Å². The molecule has 1 rings (SSSR count). The zero-order valence-electron chi connectivity index (χ0n) is 9.61. The highest BCUT2D eigenvalue weighted by atomic mass is 16.4. The van der Waals surface area contributed by atoms with Gasteiger partial charge in [-0.15, -0.1) is 0 Å². The Morgan fingerprint density at radius 1 is 1.38 bits per heavy atom. The Balaban J connectivity index is 2.22. The second-order valence-electron chi connectivity index (χ2n) is 4.59. The molecule has 0 bridgehead atoms. The van der Waals surface area contributed by atoms with E-state index in [0.717, 1.165) is 12.8 Å². The third-order valence-electron chi connectivity index (χ3n) is 3.17. The molecule has 0 saturated heterocycles. The number of nitrogens with one attached hydrogen (secondary N) is 1. The van der Waals surface area contributed by atoms with E-state index in [9.17, 15) is 9.59 Å². The largest absolute Gasteiger partial charge is 0.481 e. The summed E-state index contributed by atoms with van der Waals surface area (Å²) in [5.74, 6) is -0.628. The smallest absolute Gasteiger partial charge is 0.306 e. The van der Waals surface area contributed by atoms with E-state index in [1.807, 2.05) is 0 Å². The zero-order valence-corrected chi connectivity index (χ0v) is 9.61. The normalized spacial score (nSPS) is 27.1. The second kappa shape index (κ2) is 5.84. The molecule has 5 nitrogen and oxygen atoms in total. The van der Waals surface area contributed by atoms with Gasteiger partial charge in [0.1, 0.15) is 0 Å². The van der Waals surface area contributed by atoms with Crippen molar-refractivity contribution >= 4 is 11.9 Å². The molecule has 5 heteroatoms. The fourth-order valence-corrected chi connectivity index (χ4v) is 2.02. The number of hydrogen-bond donors (Lipinski definition) is 3. The summed E-state index contributed by atoms with van der Waals surface area (Å²) in [5.41, 5.74) is 5.42. The van der Waals surface area contributed by atoms with Crippen molar-refractivity contribution in [3.05, 3.63) is 0 Å². The van der Waals surface area contributed by atoms with Crippen molar-refractivity contribution in [1.82, 2.24) is 5.32 Å². The molecule has 0 heterocycles. The van der Waals surface area contributed by atoms with Crippen LogP contribution in [0.15, 0.2) is 0 Å². The number of rotatable bonds is 4. The third-order valence-corrected chi connectivity index (χ3v) is 3.17. The Morgan fingerprint density at radius 3 is 2.38 bits per heavy atom. The summed E-state index contributed by atoms with van der Waals surface area (Å²) < 4.78 is 0. The van der Waals surface area contributed by atoms with Gasteiger partial charge >= 0.3 is 5.97 Å². The summed E-state index contributed by atoms with van der Waals surface area (Å²) in [5, 5.41) is 11.6. The summed E-state index contributed by atoms with van der Waals surface area (Å²) in [6.07, 6.45) is 3.18. The van der Waals surface area contributed by atoms with Gasteiger partial charge in [-0.3, -0.25) is 9.59 Å². The topological polar surface area (TPSA) is 92.4 Å². The first-order valence-electron chi connectivity index (χ1n) is 5.76. The molecule has 0 radical (unpaired) electrons. The fraction of sp³-hybridized carbons (Fsp3) is 0.818. The number of carboxylic acids is 1. The van der Waals surface area contributed by atoms with E-state index in [0.29, 0.717) is 25.3 Å². The van der Waals surface area contributed by atoms with Gasteiger partial charge < -0.3 is 16.2 Å². The first kappa shape index (κ1) is 13.0. The van der Waals surface area contributed by atoms with Gasteiger partial charge in [0, 0.05) is 6.54 Å². The van der Waals surface area contributed by atoms with Crippen LogP contribution in [0.2, 0.25) is 0 Å². The molecule has 1 atom stereocenters. The van der Waals surface area contributed by atoms with Crippen molar-refractivity contribution in [2.45, 2.75) is 38.6 Å². The SMILES string of the molecule is C[C@H](N)C(=O)NC[C@H]1CC[C@H](C(=O)O)CC1. The van der Waals surface area contributed by atoms with Crippen LogP contribution in [0.1, 0.15) is 32.6 Å². The Labute approximate surface area is 95.4 Å². The summed E-state index contributed by atoms with van der Waals surface area (Å²) in [6, 6.07) is -0.477. The van der Waals surface area contributed by atoms with Crippen LogP contribution in [0.5, 0.6) is 0 Å². The molecule has 0 aliphatic heterocycles. The van der Waals surface area contributed by atoms with Gasteiger partial charge in [-0.05, 0) is 38.5 Å². The molecule has 0 aromatic heterocycles. The van der Waals surface area contributed by atoms with Crippen LogP contribution in [-0.2, 0) is 9.59 Å². The highest BCUT2D eigenvalue weighted by molar-refractivity contribution is 5.80. The van der Waals surface area contributed by atoms with Gasteiger partial charge in [-0.2, -0.15) is 0 Å². The molecule has 1 saturated carbocycles. The molecule has 0 aromatic carbocycles. The van der Waals surface area contributed by atoms with Crippen LogP contribution in [0.4, 0.5) is 0 Å². The van der Waals surface area contributed by atoms with Crippen LogP contribution in [-0.4, -0.2) is 29.6 Å². The standard InChI is InChI=1S/C11H20N2O3/c1-7(12)10(14)13-6-8-2-4-9(5-3-8)11(15)16/h7-9H,2-6,12H2,1H3,(H,13,14)(H,15,16)/t7-,8-,9-/m0/s1.